The van der Waals surface area contributed by atoms with E-state index in [1.807, 2.05) is 0 Å². The summed E-state index contributed by atoms with van der Waals surface area (Å²) in [6.07, 6.45) is -1.59. The second-order valence-electron chi connectivity index (χ2n) is 6.22. The van der Waals surface area contributed by atoms with E-state index in [-0.39, 0.29) is 17.3 Å². The van der Waals surface area contributed by atoms with Crippen LogP contribution in [0.15, 0.2) is 12.1 Å². The summed E-state index contributed by atoms with van der Waals surface area (Å²) in [5, 5.41) is -1.42. The van der Waals surface area contributed by atoms with Crippen LogP contribution >= 0.6 is 23.2 Å². The summed E-state index contributed by atoms with van der Waals surface area (Å²) in [6.45, 7) is 0.612. The molecule has 0 radical (unpaired) electrons. The van der Waals surface area contributed by atoms with Crippen LogP contribution in [0, 0.1) is 5.82 Å². The fourth-order valence-corrected chi connectivity index (χ4v) is 4.76. The maximum absolute atomic E-state index is 14.5. The summed E-state index contributed by atoms with van der Waals surface area (Å²) in [4.78, 5) is 38.4. The van der Waals surface area contributed by atoms with Crippen molar-refractivity contribution in [3.63, 3.8) is 0 Å². The second kappa shape index (κ2) is 7.12. The first-order valence-corrected chi connectivity index (χ1v) is 10.4. The molecule has 8 nitrogen and oxygen atoms in total. The molecular formula is C15H13Cl2F2N3O5S. The van der Waals surface area contributed by atoms with Gasteiger partial charge in [-0.1, -0.05) is 11.6 Å². The number of imide groups is 1. The quantitative estimate of drug-likeness (QED) is 0.512. The lowest BCUT2D eigenvalue weighted by Crippen LogP contribution is -2.37. The van der Waals surface area contributed by atoms with Gasteiger partial charge in [0.25, 0.3) is 15.9 Å². The van der Waals surface area contributed by atoms with Crippen molar-refractivity contribution in [3.05, 3.63) is 23.0 Å². The third-order valence-electron chi connectivity index (χ3n) is 4.37. The summed E-state index contributed by atoms with van der Waals surface area (Å²) in [7, 11) is -4.34. The largest absolute Gasteiger partial charge is 0.332 e. The molecule has 3 rings (SSSR count). The van der Waals surface area contributed by atoms with Gasteiger partial charge in [-0.05, 0) is 12.1 Å². The fourth-order valence-electron chi connectivity index (χ4n) is 3.24. The Morgan fingerprint density at radius 2 is 2.00 bits per heavy atom. The van der Waals surface area contributed by atoms with E-state index in [2.05, 4.69) is 0 Å². The van der Waals surface area contributed by atoms with Crippen LogP contribution in [-0.4, -0.2) is 55.1 Å². The van der Waals surface area contributed by atoms with Crippen LogP contribution in [0.4, 0.5) is 25.0 Å². The fraction of sp³-hybridized carbons (Fsp3) is 0.400. The van der Waals surface area contributed by atoms with Gasteiger partial charge in [0, 0.05) is 13.3 Å². The number of nitrogens with zero attached hydrogens (tertiary/aromatic N) is 3. The Labute approximate surface area is 168 Å². The third kappa shape index (κ3) is 3.20. The van der Waals surface area contributed by atoms with Gasteiger partial charge in [-0.2, -0.15) is 0 Å². The molecule has 4 amide bonds. The Balaban J connectivity index is 2.12. The highest BCUT2D eigenvalue weighted by atomic mass is 35.5. The molecule has 0 aliphatic carbocycles. The lowest BCUT2D eigenvalue weighted by molar-refractivity contribution is -0.119. The molecule has 2 atom stereocenters. The standard InChI is InChI=1S/C15H13Cl2F2N3O5S/c1-7(23)22(28(26,27)6-16)11-4-12(10(19)3-9(11)17)21-14(24)13-2-8(18)5-20(13)15(21)25/h3-4,8,13H,2,5-6H2,1H3/t8-,13-/m0/s1. The molecule has 2 aliphatic rings. The van der Waals surface area contributed by atoms with Gasteiger partial charge in [0.15, 0.2) is 0 Å². The zero-order valence-electron chi connectivity index (χ0n) is 14.2. The van der Waals surface area contributed by atoms with Gasteiger partial charge < -0.3 is 4.90 Å². The van der Waals surface area contributed by atoms with Crippen molar-refractivity contribution < 1.29 is 31.6 Å². The molecule has 2 heterocycles. The van der Waals surface area contributed by atoms with E-state index >= 15 is 0 Å². The highest BCUT2D eigenvalue weighted by molar-refractivity contribution is 7.94. The lowest BCUT2D eigenvalue weighted by Gasteiger charge is -2.23. The van der Waals surface area contributed by atoms with Crippen molar-refractivity contribution in [3.8, 4) is 0 Å². The second-order valence-corrected chi connectivity index (χ2v) is 9.03. The molecule has 1 aromatic rings. The van der Waals surface area contributed by atoms with Crippen molar-refractivity contribution in [2.75, 3.05) is 21.0 Å². The predicted octanol–water partition coefficient (Wildman–Crippen LogP) is 2.24. The number of sulfonamides is 1. The van der Waals surface area contributed by atoms with E-state index in [1.165, 1.54) is 0 Å². The van der Waals surface area contributed by atoms with Gasteiger partial charge in [-0.25, -0.2) is 31.2 Å². The number of carbonyl (C=O) groups excluding carboxylic acids is 3. The molecule has 2 aliphatic heterocycles. The molecule has 152 valence electrons. The van der Waals surface area contributed by atoms with Crippen molar-refractivity contribution in [2.24, 2.45) is 0 Å². The molecule has 2 saturated heterocycles. The van der Waals surface area contributed by atoms with Crippen molar-refractivity contribution in [1.29, 1.82) is 0 Å². The molecule has 0 unspecified atom stereocenters. The summed E-state index contributed by atoms with van der Waals surface area (Å²) in [5.41, 5.74) is -1.07. The SMILES string of the molecule is CC(=O)N(c1cc(N2C(=O)[C@@H]3C[C@H](F)CN3C2=O)c(F)cc1Cl)S(=O)(=O)CCl. The molecule has 1 aromatic carbocycles. The minimum Gasteiger partial charge on any atom is -0.309 e. The Kier molecular flexibility index (Phi) is 5.28. The number of carbonyl (C=O) groups is 3. The summed E-state index contributed by atoms with van der Waals surface area (Å²) < 4.78 is 52.6. The number of anilines is 2. The maximum atomic E-state index is 14.5. The predicted molar refractivity (Wildman–Crippen MR) is 97.1 cm³/mol. The van der Waals surface area contributed by atoms with Crippen LogP contribution in [0.25, 0.3) is 0 Å². The van der Waals surface area contributed by atoms with E-state index in [9.17, 15) is 31.6 Å². The number of alkyl halides is 2. The highest BCUT2D eigenvalue weighted by Crippen LogP contribution is 2.39. The summed E-state index contributed by atoms with van der Waals surface area (Å²) in [6, 6.07) is -0.546. The molecule has 0 spiro atoms. The van der Waals surface area contributed by atoms with E-state index in [0.717, 1.165) is 17.9 Å². The van der Waals surface area contributed by atoms with Gasteiger partial charge in [0.05, 0.1) is 22.9 Å². The number of amides is 4. The number of fused-ring (bicyclic) bond motifs is 1. The average molecular weight is 456 g/mol. The van der Waals surface area contributed by atoms with Crippen molar-refractivity contribution in [2.45, 2.75) is 25.6 Å². The topological polar surface area (TPSA) is 95.1 Å². The van der Waals surface area contributed by atoms with E-state index in [0.29, 0.717) is 11.0 Å². The zero-order valence-corrected chi connectivity index (χ0v) is 16.6. The van der Waals surface area contributed by atoms with Crippen LogP contribution in [0.1, 0.15) is 13.3 Å². The average Bonchev–Trinajstić information content (AvgIpc) is 3.08. The van der Waals surface area contributed by atoms with Gasteiger partial charge in [-0.3, -0.25) is 9.59 Å². The van der Waals surface area contributed by atoms with E-state index in [1.54, 1.807) is 0 Å². The van der Waals surface area contributed by atoms with Gasteiger partial charge in [-0.15, -0.1) is 11.6 Å². The molecule has 13 heteroatoms. The molecule has 0 aromatic heterocycles. The van der Waals surface area contributed by atoms with Crippen LogP contribution in [0.2, 0.25) is 5.02 Å². The number of rotatable bonds is 4. The highest BCUT2D eigenvalue weighted by Gasteiger charge is 2.52. The lowest BCUT2D eigenvalue weighted by atomic mass is 10.2. The molecule has 0 bridgehead atoms. The smallest absolute Gasteiger partial charge is 0.309 e. The number of halogens is 4. The first kappa shape index (κ1) is 20.7. The Bertz CT molecular complexity index is 966. The Morgan fingerprint density at radius 1 is 1.36 bits per heavy atom. The normalized spacial score (nSPS) is 22.0. The maximum Gasteiger partial charge on any atom is 0.332 e. The zero-order chi connectivity index (χ0) is 21.0. The van der Waals surface area contributed by atoms with Crippen LogP contribution in [0.3, 0.4) is 0 Å². The third-order valence-corrected chi connectivity index (χ3v) is 6.79. The molecule has 2 fully saturated rings. The van der Waals surface area contributed by atoms with Gasteiger partial charge in [0.2, 0.25) is 5.91 Å². The van der Waals surface area contributed by atoms with E-state index < -0.39 is 67.5 Å². The Hall–Kier alpha value is -1.98. The number of benzene rings is 1. The van der Waals surface area contributed by atoms with Crippen LogP contribution in [0.5, 0.6) is 0 Å². The van der Waals surface area contributed by atoms with E-state index in [4.69, 9.17) is 23.2 Å². The minimum absolute atomic E-state index is 0.219. The molecule has 28 heavy (non-hydrogen) atoms. The van der Waals surface area contributed by atoms with Gasteiger partial charge >= 0.3 is 6.03 Å². The number of urea groups is 1. The van der Waals surface area contributed by atoms with Gasteiger partial charge in [0.1, 0.15) is 23.2 Å². The summed E-state index contributed by atoms with van der Waals surface area (Å²) in [5.74, 6) is -2.94. The summed E-state index contributed by atoms with van der Waals surface area (Å²) >= 11 is 11.3. The first-order chi connectivity index (χ1) is 13.0. The van der Waals surface area contributed by atoms with Crippen LogP contribution < -0.4 is 9.21 Å². The minimum atomic E-state index is -4.34. The number of hydrogen-bond acceptors (Lipinski definition) is 5. The Morgan fingerprint density at radius 3 is 2.54 bits per heavy atom. The van der Waals surface area contributed by atoms with Crippen LogP contribution in [-0.2, 0) is 19.6 Å². The number of hydrogen-bond donors (Lipinski definition) is 0. The molecule has 0 saturated carbocycles. The first-order valence-electron chi connectivity index (χ1n) is 7.86. The van der Waals surface area contributed by atoms with Crippen molar-refractivity contribution >= 4 is 62.4 Å². The monoisotopic (exact) mass is 455 g/mol. The molecule has 0 N–H and O–H groups in total. The molecular weight excluding hydrogens is 443 g/mol. The van der Waals surface area contributed by atoms with Crippen molar-refractivity contribution in [1.82, 2.24) is 4.90 Å².